The molecule has 3 heterocycles. The maximum Gasteiger partial charge on any atom is 0.145 e. The van der Waals surface area contributed by atoms with Crippen LogP contribution in [0.4, 0.5) is 34.1 Å². The third kappa shape index (κ3) is 6.86. The van der Waals surface area contributed by atoms with Crippen molar-refractivity contribution in [3.05, 3.63) is 291 Å². The Morgan fingerprint density at radius 1 is 0.222 bits per heavy atom. The lowest BCUT2D eigenvalue weighted by molar-refractivity contribution is 0.677. The van der Waals surface area contributed by atoms with Gasteiger partial charge in [0.15, 0.2) is 0 Å². The normalized spacial score (nSPS) is 12.0. The zero-order chi connectivity index (χ0) is 53.1. The van der Waals surface area contributed by atoms with E-state index >= 15 is 0 Å². The summed E-state index contributed by atoms with van der Waals surface area (Å²) in [7, 11) is 0. The van der Waals surface area contributed by atoms with Gasteiger partial charge < -0.3 is 23.4 Å². The van der Waals surface area contributed by atoms with Crippen LogP contribution in [0.3, 0.4) is 0 Å². The number of furan rings is 1. The van der Waals surface area contributed by atoms with Crippen molar-refractivity contribution in [2.75, 3.05) is 9.80 Å². The summed E-state index contributed by atoms with van der Waals surface area (Å²) in [6.07, 6.45) is 0. The van der Waals surface area contributed by atoms with E-state index in [2.05, 4.69) is 310 Å². The van der Waals surface area contributed by atoms with Crippen LogP contribution in [0.5, 0.6) is 0 Å². The summed E-state index contributed by atoms with van der Waals surface area (Å²) >= 11 is 0. The fourth-order valence-corrected chi connectivity index (χ4v) is 13.3. The van der Waals surface area contributed by atoms with Crippen molar-refractivity contribution < 1.29 is 4.42 Å². The van der Waals surface area contributed by atoms with Crippen molar-refractivity contribution in [1.82, 2.24) is 9.13 Å². The summed E-state index contributed by atoms with van der Waals surface area (Å²) in [5, 5.41) is 16.1. The number of hydrogen-bond acceptors (Lipinski definition) is 3. The third-order valence-electron chi connectivity index (χ3n) is 16.8. The number of aromatic nitrogens is 2. The molecule has 0 aliphatic rings. The van der Waals surface area contributed by atoms with E-state index in [9.17, 15) is 0 Å². The predicted octanol–water partition coefficient (Wildman–Crippen LogP) is 21.3. The Kier molecular flexibility index (Phi) is 9.94. The molecule has 3 aromatic heterocycles. The Morgan fingerprint density at radius 3 is 0.926 bits per heavy atom. The number of benzene rings is 14. The van der Waals surface area contributed by atoms with E-state index in [1.807, 2.05) is 0 Å². The molecule has 0 unspecified atom stereocenters. The van der Waals surface area contributed by atoms with Crippen molar-refractivity contribution in [3.8, 4) is 11.4 Å². The van der Waals surface area contributed by atoms with Crippen molar-refractivity contribution in [2.45, 2.75) is 0 Å². The molecule has 0 saturated heterocycles. The molecular weight excluding hydrogens is 985 g/mol. The summed E-state index contributed by atoms with van der Waals surface area (Å²) in [6.45, 7) is 0. The highest BCUT2D eigenvalue weighted by atomic mass is 16.3. The molecule has 5 nitrogen and oxygen atoms in total. The van der Waals surface area contributed by atoms with E-state index in [1.165, 1.54) is 43.1 Å². The first-order valence-electron chi connectivity index (χ1n) is 27.7. The van der Waals surface area contributed by atoms with E-state index in [0.717, 1.165) is 111 Å². The number of rotatable bonds is 8. The Bertz CT molecular complexity index is 4940. The Morgan fingerprint density at radius 2 is 0.543 bits per heavy atom. The van der Waals surface area contributed by atoms with Gasteiger partial charge in [-0.25, -0.2) is 0 Å². The average molecular weight is 1030 g/mol. The highest BCUT2D eigenvalue weighted by Crippen LogP contribution is 2.49. The lowest BCUT2D eigenvalue weighted by Gasteiger charge is -2.25. The Hall–Kier alpha value is -10.9. The molecule has 0 saturated carbocycles. The molecule has 0 spiro atoms. The van der Waals surface area contributed by atoms with Gasteiger partial charge in [-0.15, -0.1) is 0 Å². The van der Waals surface area contributed by atoms with Crippen LogP contribution in [0.1, 0.15) is 0 Å². The summed E-state index contributed by atoms with van der Waals surface area (Å²) in [6, 6.07) is 106. The van der Waals surface area contributed by atoms with E-state index in [4.69, 9.17) is 4.42 Å². The zero-order valence-corrected chi connectivity index (χ0v) is 43.9. The largest absolute Gasteiger partial charge is 0.455 e. The first-order valence-corrected chi connectivity index (χ1v) is 27.7. The summed E-state index contributed by atoms with van der Waals surface area (Å²) in [5.74, 6) is 0. The van der Waals surface area contributed by atoms with Crippen LogP contribution in [0.2, 0.25) is 0 Å². The van der Waals surface area contributed by atoms with Crippen molar-refractivity contribution in [3.63, 3.8) is 0 Å². The summed E-state index contributed by atoms with van der Waals surface area (Å²) in [4.78, 5) is 4.71. The third-order valence-corrected chi connectivity index (χ3v) is 16.8. The molecule has 0 fully saturated rings. The number of para-hydroxylation sites is 4. The lowest BCUT2D eigenvalue weighted by atomic mass is 10.00. The topological polar surface area (TPSA) is 29.5 Å². The van der Waals surface area contributed by atoms with Gasteiger partial charge in [0.25, 0.3) is 0 Å². The Balaban J connectivity index is 1.01. The smallest absolute Gasteiger partial charge is 0.145 e. The molecule has 0 N–H and O–H groups in total. The summed E-state index contributed by atoms with van der Waals surface area (Å²) in [5.41, 5.74) is 14.7. The fourth-order valence-electron chi connectivity index (χ4n) is 13.3. The second-order valence-corrected chi connectivity index (χ2v) is 21.2. The van der Waals surface area contributed by atoms with Gasteiger partial charge in [0.1, 0.15) is 11.2 Å². The second kappa shape index (κ2) is 17.8. The molecule has 17 rings (SSSR count). The van der Waals surface area contributed by atoms with Gasteiger partial charge in [-0.1, -0.05) is 170 Å². The molecule has 0 aliphatic heterocycles. The molecule has 0 radical (unpaired) electrons. The molecule has 0 atom stereocenters. The quantitative estimate of drug-likeness (QED) is 0.142. The van der Waals surface area contributed by atoms with Gasteiger partial charge in [0.2, 0.25) is 0 Å². The van der Waals surface area contributed by atoms with E-state index in [-0.39, 0.29) is 0 Å². The van der Waals surface area contributed by atoms with Crippen LogP contribution < -0.4 is 9.80 Å². The van der Waals surface area contributed by atoms with Gasteiger partial charge in [-0.3, -0.25) is 0 Å². The number of hydrogen-bond donors (Lipinski definition) is 0. The highest BCUT2D eigenvalue weighted by molar-refractivity contribution is 6.30. The Labute approximate surface area is 466 Å². The van der Waals surface area contributed by atoms with Crippen LogP contribution >= 0.6 is 0 Å². The van der Waals surface area contributed by atoms with Crippen LogP contribution in [0, 0.1) is 0 Å². The minimum absolute atomic E-state index is 0.857. The number of fused-ring (bicyclic) bond motifs is 17. The molecule has 81 heavy (non-hydrogen) atoms. The molecule has 17 aromatic rings. The van der Waals surface area contributed by atoms with Gasteiger partial charge in [-0.2, -0.15) is 0 Å². The van der Waals surface area contributed by atoms with E-state index in [1.54, 1.807) is 0 Å². The van der Waals surface area contributed by atoms with Crippen LogP contribution in [0.25, 0.3) is 120 Å². The van der Waals surface area contributed by atoms with Gasteiger partial charge in [-0.05, 0) is 154 Å². The minimum atomic E-state index is 0.857. The molecule has 0 amide bonds. The van der Waals surface area contributed by atoms with Crippen LogP contribution in [-0.2, 0) is 0 Å². The monoisotopic (exact) mass is 1030 g/mol. The van der Waals surface area contributed by atoms with E-state index in [0.29, 0.717) is 0 Å². The second-order valence-electron chi connectivity index (χ2n) is 21.2. The minimum Gasteiger partial charge on any atom is -0.455 e. The maximum atomic E-state index is 7.79. The van der Waals surface area contributed by atoms with Gasteiger partial charge in [0, 0.05) is 66.4 Å². The lowest BCUT2D eigenvalue weighted by Crippen LogP contribution is -2.09. The molecular formula is C76H48N4O. The SMILES string of the molecule is c1ccc(N(c2ccccc2)c2ccc3c(c2)c2c4oc5c(ccc6c5c5cc(N(c7ccccc7)c7ccccc7)ccc5n6-c5cc6ccccc6c6ccccc56)c4ccc2n3-c2cc3ccccc3c3ccccc23)cc1. The average Bonchev–Trinajstić information content (AvgIpc) is 3.97. The molecule has 14 aromatic carbocycles. The van der Waals surface area contributed by atoms with Crippen LogP contribution in [-0.4, -0.2) is 9.13 Å². The number of nitrogens with zero attached hydrogens (tertiary/aromatic N) is 4. The van der Waals surface area contributed by atoms with E-state index < -0.39 is 0 Å². The zero-order valence-electron chi connectivity index (χ0n) is 43.9. The van der Waals surface area contributed by atoms with Gasteiger partial charge >= 0.3 is 0 Å². The molecule has 0 bridgehead atoms. The highest BCUT2D eigenvalue weighted by Gasteiger charge is 2.26. The first-order chi connectivity index (χ1) is 40.2. The summed E-state index contributed by atoms with van der Waals surface area (Å²) < 4.78 is 12.7. The standard InChI is InChI=1S/C76H48N4O/c1-5-23-51(24-6-1)77(52-25-7-2-8-26-52)55-37-41-67-65(47-55)73-69(79(67)71-45-49-21-13-15-31-57(49)59-33-17-19-35-61(59)71)43-39-63-64-40-44-70-74(76(64)81-75(63)73)66-48-56(78(53-27-9-3-10-28-53)54-29-11-4-12-30-54)38-42-68(66)80(70)72-46-50-22-14-16-32-58(50)60-34-18-20-36-62(60)72/h1-48H. The fraction of sp³-hybridized carbons (Fsp3) is 0. The van der Waals surface area contributed by atoms with Crippen molar-refractivity contribution in [2.24, 2.45) is 0 Å². The number of anilines is 6. The molecule has 378 valence electrons. The van der Waals surface area contributed by atoms with Crippen LogP contribution in [0.15, 0.2) is 296 Å². The molecule has 5 heteroatoms. The molecule has 0 aliphatic carbocycles. The predicted molar refractivity (Wildman–Crippen MR) is 342 cm³/mol. The van der Waals surface area contributed by atoms with Gasteiger partial charge in [0.05, 0.1) is 44.2 Å². The van der Waals surface area contributed by atoms with Crippen molar-refractivity contribution >= 4 is 143 Å². The maximum absolute atomic E-state index is 7.79. The first kappa shape index (κ1) is 45.2. The van der Waals surface area contributed by atoms with Crippen molar-refractivity contribution in [1.29, 1.82) is 0 Å².